The quantitative estimate of drug-likeness (QED) is 0.889. The van der Waals surface area contributed by atoms with Gasteiger partial charge in [-0.2, -0.15) is 0 Å². The van der Waals surface area contributed by atoms with Crippen molar-refractivity contribution >= 4 is 22.9 Å². The third-order valence-electron chi connectivity index (χ3n) is 2.24. The Labute approximate surface area is 107 Å². The second-order valence-electron chi connectivity index (χ2n) is 3.57. The Hall–Kier alpha value is -0.970. The van der Waals surface area contributed by atoms with Crippen LogP contribution in [0.5, 0.6) is 0 Å². The molecule has 5 heteroatoms. The van der Waals surface area contributed by atoms with E-state index in [0.29, 0.717) is 23.7 Å². The number of benzene rings is 1. The maximum atomic E-state index is 13.3. The number of hydrogen-bond acceptors (Lipinski definition) is 2. The van der Waals surface area contributed by atoms with Crippen molar-refractivity contribution in [2.24, 2.45) is 0 Å². The van der Waals surface area contributed by atoms with Crippen LogP contribution < -0.4 is 5.32 Å². The van der Waals surface area contributed by atoms with Gasteiger partial charge >= 0.3 is 0 Å². The van der Waals surface area contributed by atoms with Crippen LogP contribution in [-0.4, -0.2) is 0 Å². The van der Waals surface area contributed by atoms with Gasteiger partial charge in [0.15, 0.2) is 0 Å². The van der Waals surface area contributed by atoms with Crippen LogP contribution in [0.3, 0.4) is 0 Å². The van der Waals surface area contributed by atoms with Gasteiger partial charge in [-0.3, -0.25) is 0 Å². The molecule has 0 unspecified atom stereocenters. The molecule has 0 atom stereocenters. The fourth-order valence-corrected chi connectivity index (χ4v) is 2.49. The predicted octanol–water partition coefficient (Wildman–Crippen LogP) is 3.97. The fourth-order valence-electron chi connectivity index (χ4n) is 1.45. The van der Waals surface area contributed by atoms with Gasteiger partial charge in [-0.05, 0) is 24.3 Å². The second kappa shape index (κ2) is 5.58. The van der Waals surface area contributed by atoms with Crippen molar-refractivity contribution in [3.63, 3.8) is 0 Å². The lowest BCUT2D eigenvalue weighted by atomic mass is 10.2. The fraction of sp³-hybridized carbons (Fsp3) is 0.167. The molecule has 0 aliphatic heterocycles. The molecule has 0 saturated heterocycles. The summed E-state index contributed by atoms with van der Waals surface area (Å²) < 4.78 is 26.2. The smallest absolute Gasteiger partial charge is 0.127 e. The van der Waals surface area contributed by atoms with Crippen molar-refractivity contribution in [1.29, 1.82) is 0 Å². The Morgan fingerprint density at radius 2 is 2.00 bits per heavy atom. The molecule has 90 valence electrons. The summed E-state index contributed by atoms with van der Waals surface area (Å²) in [5, 5.41) is 5.58. The largest absolute Gasteiger partial charge is 0.308 e. The van der Waals surface area contributed by atoms with Crippen LogP contribution >= 0.6 is 22.9 Å². The van der Waals surface area contributed by atoms with E-state index in [0.717, 1.165) is 17.0 Å². The summed E-state index contributed by atoms with van der Waals surface area (Å²) in [4.78, 5) is 1.06. The lowest BCUT2D eigenvalue weighted by molar-refractivity contribution is 0.569. The number of hydrogen-bond donors (Lipinski definition) is 1. The molecule has 1 aromatic heterocycles. The molecule has 0 aliphatic rings. The van der Waals surface area contributed by atoms with Gasteiger partial charge < -0.3 is 5.32 Å². The SMILES string of the molecule is Fc1ccc(F)c(CNCc2cc(Cl)cs2)c1. The first-order valence-corrected chi connectivity index (χ1v) is 6.28. The lowest BCUT2D eigenvalue weighted by Crippen LogP contribution is -2.13. The first kappa shape index (κ1) is 12.5. The van der Waals surface area contributed by atoms with Gasteiger partial charge in [0.25, 0.3) is 0 Å². The van der Waals surface area contributed by atoms with Gasteiger partial charge in [0, 0.05) is 28.9 Å². The van der Waals surface area contributed by atoms with E-state index in [4.69, 9.17) is 11.6 Å². The highest BCUT2D eigenvalue weighted by atomic mass is 35.5. The van der Waals surface area contributed by atoms with Crippen molar-refractivity contribution in [3.05, 3.63) is 56.7 Å². The maximum absolute atomic E-state index is 13.3. The molecule has 0 saturated carbocycles. The zero-order chi connectivity index (χ0) is 12.3. The van der Waals surface area contributed by atoms with Crippen molar-refractivity contribution in [2.45, 2.75) is 13.1 Å². The van der Waals surface area contributed by atoms with Crippen LogP contribution in [-0.2, 0) is 13.1 Å². The molecule has 0 bridgehead atoms. The van der Waals surface area contributed by atoms with Gasteiger partial charge in [-0.25, -0.2) is 8.78 Å². The van der Waals surface area contributed by atoms with E-state index in [1.807, 2.05) is 11.4 Å². The summed E-state index contributed by atoms with van der Waals surface area (Å²) in [6.07, 6.45) is 0. The third-order valence-corrected chi connectivity index (χ3v) is 3.53. The average Bonchev–Trinajstić information content (AvgIpc) is 2.69. The molecule has 1 aromatic carbocycles. The average molecular weight is 274 g/mol. The highest BCUT2D eigenvalue weighted by Gasteiger charge is 2.04. The first-order valence-electron chi connectivity index (χ1n) is 5.03. The van der Waals surface area contributed by atoms with Gasteiger partial charge in [0.1, 0.15) is 11.6 Å². The summed E-state index contributed by atoms with van der Waals surface area (Å²) in [5.41, 5.74) is 0.327. The third kappa shape index (κ3) is 3.49. The summed E-state index contributed by atoms with van der Waals surface area (Å²) in [6.45, 7) is 0.881. The van der Waals surface area contributed by atoms with E-state index in [9.17, 15) is 8.78 Å². The zero-order valence-corrected chi connectivity index (χ0v) is 10.4. The summed E-state index contributed by atoms with van der Waals surface area (Å²) in [5.74, 6) is -0.828. The van der Waals surface area contributed by atoms with Crippen LogP contribution in [0, 0.1) is 11.6 Å². The van der Waals surface area contributed by atoms with E-state index >= 15 is 0 Å². The Morgan fingerprint density at radius 1 is 1.18 bits per heavy atom. The van der Waals surface area contributed by atoms with E-state index in [2.05, 4.69) is 5.32 Å². The molecule has 1 nitrogen and oxygen atoms in total. The highest BCUT2D eigenvalue weighted by Crippen LogP contribution is 2.19. The Bertz CT molecular complexity index is 513. The van der Waals surface area contributed by atoms with Crippen LogP contribution in [0.25, 0.3) is 0 Å². The monoisotopic (exact) mass is 273 g/mol. The molecule has 17 heavy (non-hydrogen) atoms. The van der Waals surface area contributed by atoms with Crippen molar-refractivity contribution in [3.8, 4) is 0 Å². The standard InChI is InChI=1S/C12H10ClF2NS/c13-9-4-11(17-7-9)6-16-5-8-3-10(14)1-2-12(8)15/h1-4,7,16H,5-6H2. The van der Waals surface area contributed by atoms with Crippen molar-refractivity contribution in [2.75, 3.05) is 0 Å². The predicted molar refractivity (Wildman–Crippen MR) is 66.2 cm³/mol. The zero-order valence-electron chi connectivity index (χ0n) is 8.84. The van der Waals surface area contributed by atoms with Gasteiger partial charge in [0.2, 0.25) is 0 Å². The molecular weight excluding hydrogens is 264 g/mol. The Balaban J connectivity index is 1.91. The maximum Gasteiger partial charge on any atom is 0.127 e. The topological polar surface area (TPSA) is 12.0 Å². The molecular formula is C12H10ClF2NS. The number of nitrogens with one attached hydrogen (secondary N) is 1. The van der Waals surface area contributed by atoms with Crippen molar-refractivity contribution < 1.29 is 8.78 Å². The number of rotatable bonds is 4. The molecule has 1 heterocycles. The van der Waals surface area contributed by atoms with E-state index < -0.39 is 11.6 Å². The minimum Gasteiger partial charge on any atom is -0.308 e. The molecule has 2 aromatic rings. The van der Waals surface area contributed by atoms with Gasteiger partial charge in [-0.15, -0.1) is 11.3 Å². The van der Waals surface area contributed by atoms with Crippen LogP contribution in [0.1, 0.15) is 10.4 Å². The van der Waals surface area contributed by atoms with E-state index in [1.54, 1.807) is 0 Å². The highest BCUT2D eigenvalue weighted by molar-refractivity contribution is 7.10. The van der Waals surface area contributed by atoms with Gasteiger partial charge in [-0.1, -0.05) is 11.6 Å². The summed E-state index contributed by atoms with van der Waals surface area (Å²) in [7, 11) is 0. The normalized spacial score (nSPS) is 10.8. The number of thiophene rings is 1. The van der Waals surface area contributed by atoms with Crippen LogP contribution in [0.4, 0.5) is 8.78 Å². The molecule has 0 fully saturated rings. The molecule has 0 radical (unpaired) electrons. The van der Waals surface area contributed by atoms with Gasteiger partial charge in [0.05, 0.1) is 5.02 Å². The molecule has 0 spiro atoms. The molecule has 2 rings (SSSR count). The Morgan fingerprint density at radius 3 is 2.71 bits per heavy atom. The van der Waals surface area contributed by atoms with Crippen LogP contribution in [0.15, 0.2) is 29.6 Å². The van der Waals surface area contributed by atoms with Crippen LogP contribution in [0.2, 0.25) is 5.02 Å². The number of halogens is 3. The van der Waals surface area contributed by atoms with E-state index in [-0.39, 0.29) is 0 Å². The van der Waals surface area contributed by atoms with E-state index in [1.165, 1.54) is 17.4 Å². The second-order valence-corrected chi connectivity index (χ2v) is 5.00. The van der Waals surface area contributed by atoms with Crippen molar-refractivity contribution in [1.82, 2.24) is 5.32 Å². The summed E-state index contributed by atoms with van der Waals surface area (Å²) >= 11 is 7.31. The lowest BCUT2D eigenvalue weighted by Gasteiger charge is -2.04. The first-order chi connectivity index (χ1) is 8.15. The molecule has 1 N–H and O–H groups in total. The minimum atomic E-state index is -0.428. The molecule has 0 aliphatic carbocycles. The Kier molecular flexibility index (Phi) is 4.10. The minimum absolute atomic E-state index is 0.291. The summed E-state index contributed by atoms with van der Waals surface area (Å²) in [6, 6.07) is 5.29. The molecule has 0 amide bonds.